The first-order valence-corrected chi connectivity index (χ1v) is 7.84. The summed E-state index contributed by atoms with van der Waals surface area (Å²) >= 11 is 18.1. The number of nitrogens with zero attached hydrogens (tertiary/aromatic N) is 1. The van der Waals surface area contributed by atoms with E-state index in [0.29, 0.717) is 31.7 Å². The van der Waals surface area contributed by atoms with Crippen molar-refractivity contribution in [2.45, 2.75) is 6.61 Å². The van der Waals surface area contributed by atoms with Crippen molar-refractivity contribution in [3.63, 3.8) is 0 Å². The predicted molar refractivity (Wildman–Crippen MR) is 92.3 cm³/mol. The van der Waals surface area contributed by atoms with Gasteiger partial charge in [0.25, 0.3) is 0 Å². The van der Waals surface area contributed by atoms with Crippen LogP contribution in [0.1, 0.15) is 15.9 Å². The summed E-state index contributed by atoms with van der Waals surface area (Å²) in [6.45, 7) is -0.00510. The van der Waals surface area contributed by atoms with Crippen molar-refractivity contribution in [3.05, 3.63) is 74.9 Å². The Morgan fingerprint density at radius 2 is 1.83 bits per heavy atom. The number of rotatable bonds is 3. The molecule has 0 amide bonds. The molecule has 3 rings (SSSR count). The number of carbonyl (C=O) groups is 1. The van der Waals surface area contributed by atoms with Crippen molar-refractivity contribution in [3.8, 4) is 0 Å². The molecule has 0 aliphatic heterocycles. The third kappa shape index (κ3) is 3.42. The summed E-state index contributed by atoms with van der Waals surface area (Å²) in [4.78, 5) is 16.4. The molecule has 3 aromatic rings. The third-order valence-electron chi connectivity index (χ3n) is 3.31. The summed E-state index contributed by atoms with van der Waals surface area (Å²) in [5, 5.41) is 2.16. The van der Waals surface area contributed by atoms with Crippen molar-refractivity contribution in [1.29, 1.82) is 0 Å². The minimum absolute atomic E-state index is 0.00510. The quantitative estimate of drug-likeness (QED) is 0.570. The fraction of sp³-hybridized carbons (Fsp3) is 0.0588. The number of hydrogen-bond acceptors (Lipinski definition) is 3. The van der Waals surface area contributed by atoms with Crippen LogP contribution in [0.2, 0.25) is 15.1 Å². The van der Waals surface area contributed by atoms with Crippen LogP contribution in [0, 0.1) is 0 Å². The lowest BCUT2D eigenvalue weighted by Gasteiger charge is -2.10. The lowest BCUT2D eigenvalue weighted by molar-refractivity contribution is 0.0474. The highest BCUT2D eigenvalue weighted by Gasteiger charge is 2.14. The molecule has 0 N–H and O–H groups in total. The molecule has 6 heteroatoms. The van der Waals surface area contributed by atoms with Crippen LogP contribution in [-0.2, 0) is 11.3 Å². The van der Waals surface area contributed by atoms with Crippen molar-refractivity contribution in [1.82, 2.24) is 4.98 Å². The Morgan fingerprint density at radius 3 is 2.61 bits per heavy atom. The number of ether oxygens (including phenoxy) is 1. The molecule has 0 bridgehead atoms. The average Bonchev–Trinajstić information content (AvgIpc) is 2.54. The van der Waals surface area contributed by atoms with Crippen LogP contribution >= 0.6 is 34.8 Å². The van der Waals surface area contributed by atoms with E-state index >= 15 is 0 Å². The average molecular weight is 367 g/mol. The Bertz CT molecular complexity index is 896. The zero-order chi connectivity index (χ0) is 16.4. The highest BCUT2D eigenvalue weighted by Crippen LogP contribution is 2.27. The van der Waals surface area contributed by atoms with Crippen LogP contribution < -0.4 is 0 Å². The predicted octanol–water partition coefficient (Wildman–Crippen LogP) is 5.55. The van der Waals surface area contributed by atoms with Gasteiger partial charge in [-0.15, -0.1) is 0 Å². The number of carbonyl (C=O) groups excluding carboxylic acids is 1. The summed E-state index contributed by atoms with van der Waals surface area (Å²) in [6, 6.07) is 12.0. The molecule has 0 unspecified atom stereocenters. The Kier molecular flexibility index (Phi) is 4.71. The molecular formula is C17H10Cl3NO2. The standard InChI is InChI=1S/C17H10Cl3NO2/c18-11-7-10-5-6-15(20)13(16(10)21-8-11)9-23-17(22)12-3-1-2-4-14(12)19/h1-8H,9H2. The molecular weight excluding hydrogens is 357 g/mol. The zero-order valence-electron chi connectivity index (χ0n) is 11.7. The van der Waals surface area contributed by atoms with Crippen LogP contribution in [0.15, 0.2) is 48.7 Å². The first-order valence-electron chi connectivity index (χ1n) is 6.70. The van der Waals surface area contributed by atoms with Gasteiger partial charge in [-0.25, -0.2) is 4.79 Å². The Hall–Kier alpha value is -1.81. The van der Waals surface area contributed by atoms with Gasteiger partial charge in [0, 0.05) is 22.2 Å². The van der Waals surface area contributed by atoms with E-state index in [1.54, 1.807) is 36.4 Å². The monoisotopic (exact) mass is 365 g/mol. The molecule has 0 radical (unpaired) electrons. The number of aromatic nitrogens is 1. The maximum absolute atomic E-state index is 12.1. The third-order valence-corrected chi connectivity index (χ3v) is 4.20. The molecule has 116 valence electrons. The first kappa shape index (κ1) is 16.1. The van der Waals surface area contributed by atoms with E-state index in [9.17, 15) is 4.79 Å². The number of benzene rings is 2. The summed E-state index contributed by atoms with van der Waals surface area (Å²) in [6.07, 6.45) is 1.53. The van der Waals surface area contributed by atoms with Gasteiger partial charge < -0.3 is 4.74 Å². The van der Waals surface area contributed by atoms with E-state index in [4.69, 9.17) is 39.5 Å². The van der Waals surface area contributed by atoms with Crippen molar-refractivity contribution < 1.29 is 9.53 Å². The van der Waals surface area contributed by atoms with Gasteiger partial charge in [-0.3, -0.25) is 4.98 Å². The fourth-order valence-electron chi connectivity index (χ4n) is 2.19. The molecule has 2 aromatic carbocycles. The van der Waals surface area contributed by atoms with Crippen LogP contribution in [-0.4, -0.2) is 11.0 Å². The maximum Gasteiger partial charge on any atom is 0.339 e. The van der Waals surface area contributed by atoms with Gasteiger partial charge in [-0.2, -0.15) is 0 Å². The van der Waals surface area contributed by atoms with Gasteiger partial charge in [0.15, 0.2) is 0 Å². The van der Waals surface area contributed by atoms with Gasteiger partial charge in [0.2, 0.25) is 0 Å². The fourth-order valence-corrected chi connectivity index (χ4v) is 2.78. The minimum atomic E-state index is -0.516. The molecule has 23 heavy (non-hydrogen) atoms. The molecule has 0 aliphatic rings. The molecule has 1 aromatic heterocycles. The normalized spacial score (nSPS) is 10.7. The van der Waals surface area contributed by atoms with Crippen LogP contribution in [0.4, 0.5) is 0 Å². The van der Waals surface area contributed by atoms with Crippen molar-refractivity contribution >= 4 is 51.7 Å². The van der Waals surface area contributed by atoms with E-state index in [2.05, 4.69) is 4.98 Å². The van der Waals surface area contributed by atoms with Gasteiger partial charge in [-0.05, 0) is 24.3 Å². The Morgan fingerprint density at radius 1 is 1.04 bits per heavy atom. The molecule has 1 heterocycles. The molecule has 0 saturated heterocycles. The smallest absolute Gasteiger partial charge is 0.339 e. The van der Waals surface area contributed by atoms with Crippen molar-refractivity contribution in [2.75, 3.05) is 0 Å². The van der Waals surface area contributed by atoms with E-state index in [1.807, 2.05) is 6.07 Å². The molecule has 0 saturated carbocycles. The SMILES string of the molecule is O=C(OCc1c(Cl)ccc2cc(Cl)cnc12)c1ccccc1Cl. The number of hydrogen-bond donors (Lipinski definition) is 0. The zero-order valence-corrected chi connectivity index (χ0v) is 14.0. The lowest BCUT2D eigenvalue weighted by Crippen LogP contribution is -2.06. The molecule has 0 aliphatic carbocycles. The summed E-state index contributed by atoms with van der Waals surface area (Å²) in [5.41, 5.74) is 1.58. The highest BCUT2D eigenvalue weighted by atomic mass is 35.5. The van der Waals surface area contributed by atoms with E-state index in [0.717, 1.165) is 5.39 Å². The maximum atomic E-state index is 12.1. The van der Waals surface area contributed by atoms with Gasteiger partial charge in [-0.1, -0.05) is 53.0 Å². The van der Waals surface area contributed by atoms with Gasteiger partial charge >= 0.3 is 5.97 Å². The number of halogens is 3. The van der Waals surface area contributed by atoms with E-state index in [1.165, 1.54) is 6.20 Å². The van der Waals surface area contributed by atoms with Crippen LogP contribution in [0.3, 0.4) is 0 Å². The Balaban J connectivity index is 1.89. The van der Waals surface area contributed by atoms with Gasteiger partial charge in [0.1, 0.15) is 6.61 Å². The van der Waals surface area contributed by atoms with Crippen molar-refractivity contribution in [2.24, 2.45) is 0 Å². The van der Waals surface area contributed by atoms with Crippen LogP contribution in [0.5, 0.6) is 0 Å². The molecule has 0 atom stereocenters. The summed E-state index contributed by atoms with van der Waals surface area (Å²) in [5.74, 6) is -0.516. The minimum Gasteiger partial charge on any atom is -0.457 e. The largest absolute Gasteiger partial charge is 0.457 e. The molecule has 0 spiro atoms. The number of esters is 1. The Labute approximate surface area is 147 Å². The lowest BCUT2D eigenvalue weighted by atomic mass is 10.1. The first-order chi connectivity index (χ1) is 11.1. The molecule has 3 nitrogen and oxygen atoms in total. The summed E-state index contributed by atoms with van der Waals surface area (Å²) < 4.78 is 5.33. The van der Waals surface area contributed by atoms with Crippen LogP contribution in [0.25, 0.3) is 10.9 Å². The second kappa shape index (κ2) is 6.75. The summed E-state index contributed by atoms with van der Waals surface area (Å²) in [7, 11) is 0. The van der Waals surface area contributed by atoms with Gasteiger partial charge in [0.05, 0.1) is 21.1 Å². The number of fused-ring (bicyclic) bond motifs is 1. The molecule has 0 fully saturated rings. The van der Waals surface area contributed by atoms with E-state index < -0.39 is 5.97 Å². The highest BCUT2D eigenvalue weighted by molar-refractivity contribution is 6.34. The van der Waals surface area contributed by atoms with E-state index in [-0.39, 0.29) is 6.61 Å². The number of pyridine rings is 1. The second-order valence-corrected chi connectivity index (χ2v) is 6.06. The second-order valence-electron chi connectivity index (χ2n) is 4.81. The topological polar surface area (TPSA) is 39.2 Å².